The average molecular weight is 313 g/mol. The van der Waals surface area contributed by atoms with Gasteiger partial charge in [-0.15, -0.1) is 0 Å². The fourth-order valence-corrected chi connectivity index (χ4v) is 2.13. The second-order valence-electron chi connectivity index (χ2n) is 4.43. The molecule has 1 saturated heterocycles. The summed E-state index contributed by atoms with van der Waals surface area (Å²) in [6.07, 6.45) is 5.37. The van der Waals surface area contributed by atoms with Crippen LogP contribution in [0, 0.1) is 0 Å². The third-order valence-electron chi connectivity index (χ3n) is 3.04. The molecule has 5 nitrogen and oxygen atoms in total. The van der Waals surface area contributed by atoms with E-state index < -0.39 is 0 Å². The minimum atomic E-state index is -0.131. The molecular weight excluding hydrogens is 296 g/mol. The highest BCUT2D eigenvalue weighted by Gasteiger charge is 2.22. The Hall–Kier alpha value is -1.17. The minimum absolute atomic E-state index is 0.0596. The van der Waals surface area contributed by atoms with E-state index in [2.05, 4.69) is 36.1 Å². The summed E-state index contributed by atoms with van der Waals surface area (Å²) in [6, 6.07) is 2.07. The van der Waals surface area contributed by atoms with Gasteiger partial charge < -0.3 is 10.2 Å². The number of halogens is 1. The van der Waals surface area contributed by atoms with Crippen LogP contribution in [0.15, 0.2) is 18.5 Å². The number of anilines is 1. The van der Waals surface area contributed by atoms with Crippen molar-refractivity contribution in [2.24, 2.45) is 0 Å². The predicted molar refractivity (Wildman–Crippen MR) is 73.8 cm³/mol. The van der Waals surface area contributed by atoms with E-state index >= 15 is 0 Å². The van der Waals surface area contributed by atoms with Crippen molar-refractivity contribution < 1.29 is 4.79 Å². The Labute approximate surface area is 115 Å². The molecule has 2 rings (SSSR count). The first kappa shape index (κ1) is 13.3. The quantitative estimate of drug-likeness (QED) is 0.856. The maximum atomic E-state index is 11.6. The van der Waals surface area contributed by atoms with Crippen molar-refractivity contribution in [3.8, 4) is 0 Å². The van der Waals surface area contributed by atoms with Gasteiger partial charge in [0, 0.05) is 31.5 Å². The molecule has 1 aliphatic rings. The van der Waals surface area contributed by atoms with Crippen LogP contribution >= 0.6 is 15.9 Å². The van der Waals surface area contributed by atoms with Gasteiger partial charge in [-0.3, -0.25) is 4.79 Å². The molecule has 98 valence electrons. The van der Waals surface area contributed by atoms with Crippen molar-refractivity contribution in [1.29, 1.82) is 0 Å². The fraction of sp³-hybridized carbons (Fsp3) is 0.583. The van der Waals surface area contributed by atoms with E-state index in [0.29, 0.717) is 0 Å². The predicted octanol–water partition coefficient (Wildman–Crippen LogP) is 1.34. The molecule has 0 radical (unpaired) electrons. The number of aromatic nitrogens is 2. The highest BCUT2D eigenvalue weighted by atomic mass is 79.9. The Morgan fingerprint density at radius 1 is 1.44 bits per heavy atom. The lowest BCUT2D eigenvalue weighted by Crippen LogP contribution is -2.46. The summed E-state index contributed by atoms with van der Waals surface area (Å²) >= 11 is 3.27. The fourth-order valence-electron chi connectivity index (χ4n) is 1.99. The highest BCUT2D eigenvalue weighted by Crippen LogP contribution is 2.15. The summed E-state index contributed by atoms with van der Waals surface area (Å²) in [5.74, 6) is 0.834. The molecule has 1 aromatic heterocycles. The smallest absolute Gasteiger partial charge is 0.233 e. The molecule has 2 heterocycles. The van der Waals surface area contributed by atoms with Crippen LogP contribution in [0.3, 0.4) is 0 Å². The van der Waals surface area contributed by atoms with Gasteiger partial charge in [-0.1, -0.05) is 15.9 Å². The van der Waals surface area contributed by atoms with Gasteiger partial charge in [-0.25, -0.2) is 9.97 Å². The lowest BCUT2D eigenvalue weighted by Gasteiger charge is -2.32. The Bertz CT molecular complexity index is 390. The van der Waals surface area contributed by atoms with E-state index in [-0.39, 0.29) is 16.8 Å². The van der Waals surface area contributed by atoms with E-state index in [4.69, 9.17) is 0 Å². The third kappa shape index (κ3) is 3.41. The Kier molecular flexibility index (Phi) is 4.52. The topological polar surface area (TPSA) is 58.1 Å². The molecule has 0 saturated carbocycles. The largest absolute Gasteiger partial charge is 0.352 e. The van der Waals surface area contributed by atoms with E-state index in [1.165, 1.54) is 0 Å². The molecule has 0 spiro atoms. The number of piperidine rings is 1. The van der Waals surface area contributed by atoms with Crippen LogP contribution in [-0.4, -0.2) is 39.8 Å². The van der Waals surface area contributed by atoms with E-state index in [1.54, 1.807) is 12.4 Å². The number of alkyl halides is 1. The molecule has 6 heteroatoms. The molecule has 1 aliphatic heterocycles. The first-order chi connectivity index (χ1) is 8.66. The van der Waals surface area contributed by atoms with Crippen molar-refractivity contribution in [3.63, 3.8) is 0 Å². The van der Waals surface area contributed by atoms with E-state index in [1.807, 2.05) is 13.0 Å². The van der Waals surface area contributed by atoms with Crippen LogP contribution in [0.4, 0.5) is 5.95 Å². The molecule has 0 aliphatic carbocycles. The summed E-state index contributed by atoms with van der Waals surface area (Å²) in [6.45, 7) is 3.60. The van der Waals surface area contributed by atoms with Gasteiger partial charge >= 0.3 is 0 Å². The molecule has 18 heavy (non-hydrogen) atoms. The van der Waals surface area contributed by atoms with Crippen LogP contribution in [0.5, 0.6) is 0 Å². The Balaban J connectivity index is 1.83. The molecule has 1 atom stereocenters. The van der Waals surface area contributed by atoms with Crippen molar-refractivity contribution in [2.75, 3.05) is 18.0 Å². The number of nitrogens with one attached hydrogen (secondary N) is 1. The molecule has 1 amide bonds. The van der Waals surface area contributed by atoms with Crippen molar-refractivity contribution in [3.05, 3.63) is 18.5 Å². The number of carbonyl (C=O) groups is 1. The zero-order valence-electron chi connectivity index (χ0n) is 10.3. The van der Waals surface area contributed by atoms with Crippen molar-refractivity contribution >= 4 is 27.8 Å². The normalized spacial score (nSPS) is 18.4. The van der Waals surface area contributed by atoms with Gasteiger partial charge in [0.2, 0.25) is 11.9 Å². The molecule has 1 unspecified atom stereocenters. The van der Waals surface area contributed by atoms with Crippen LogP contribution in [0.25, 0.3) is 0 Å². The SMILES string of the molecule is CC(Br)C(=O)NC1CCN(c2ncccn2)CC1. The second kappa shape index (κ2) is 6.13. The first-order valence-electron chi connectivity index (χ1n) is 6.13. The van der Waals surface area contributed by atoms with E-state index in [9.17, 15) is 4.79 Å². The van der Waals surface area contributed by atoms with E-state index in [0.717, 1.165) is 31.9 Å². The number of nitrogens with zero attached hydrogens (tertiary/aromatic N) is 3. The number of hydrogen-bond donors (Lipinski definition) is 1. The third-order valence-corrected chi connectivity index (χ3v) is 3.45. The van der Waals surface area contributed by atoms with Gasteiger partial charge in [0.25, 0.3) is 0 Å². The molecule has 0 bridgehead atoms. The van der Waals surface area contributed by atoms with Crippen LogP contribution < -0.4 is 10.2 Å². The maximum Gasteiger partial charge on any atom is 0.233 e. The monoisotopic (exact) mass is 312 g/mol. The lowest BCUT2D eigenvalue weighted by molar-refractivity contribution is -0.121. The minimum Gasteiger partial charge on any atom is -0.352 e. The summed E-state index contributed by atoms with van der Waals surface area (Å²) in [7, 11) is 0. The molecular formula is C12H17BrN4O. The summed E-state index contributed by atoms with van der Waals surface area (Å²) in [5, 5.41) is 3.04. The lowest BCUT2D eigenvalue weighted by atomic mass is 10.1. The summed E-state index contributed by atoms with van der Waals surface area (Å²) in [4.78, 5) is 22.1. The second-order valence-corrected chi connectivity index (χ2v) is 5.81. The number of hydrogen-bond acceptors (Lipinski definition) is 4. The summed E-state index contributed by atoms with van der Waals surface area (Å²) in [5.41, 5.74) is 0. The van der Waals surface area contributed by atoms with Gasteiger partial charge in [-0.05, 0) is 25.8 Å². The number of carbonyl (C=O) groups excluding carboxylic acids is 1. The van der Waals surface area contributed by atoms with Crippen molar-refractivity contribution in [1.82, 2.24) is 15.3 Å². The van der Waals surface area contributed by atoms with Gasteiger partial charge in [0.1, 0.15) is 0 Å². The van der Waals surface area contributed by atoms with Gasteiger partial charge in [0.15, 0.2) is 0 Å². The average Bonchev–Trinajstić information content (AvgIpc) is 2.40. The summed E-state index contributed by atoms with van der Waals surface area (Å²) < 4.78 is 0. The molecule has 1 N–H and O–H groups in total. The van der Waals surface area contributed by atoms with Crippen LogP contribution in [0.2, 0.25) is 0 Å². The van der Waals surface area contributed by atoms with Gasteiger partial charge in [0.05, 0.1) is 4.83 Å². The molecule has 1 aromatic rings. The zero-order chi connectivity index (χ0) is 13.0. The molecule has 1 fully saturated rings. The Morgan fingerprint density at radius 2 is 2.06 bits per heavy atom. The molecule has 0 aromatic carbocycles. The zero-order valence-corrected chi connectivity index (χ0v) is 11.9. The van der Waals surface area contributed by atoms with Crippen LogP contribution in [-0.2, 0) is 4.79 Å². The standard InChI is InChI=1S/C12H17BrN4O/c1-9(13)11(18)16-10-3-7-17(8-4-10)12-14-5-2-6-15-12/h2,5-6,9-10H,3-4,7-8H2,1H3,(H,16,18). The Morgan fingerprint density at radius 3 is 2.61 bits per heavy atom. The number of amides is 1. The highest BCUT2D eigenvalue weighted by molar-refractivity contribution is 9.10. The van der Waals surface area contributed by atoms with Gasteiger partial charge in [-0.2, -0.15) is 0 Å². The van der Waals surface area contributed by atoms with Crippen LogP contribution in [0.1, 0.15) is 19.8 Å². The van der Waals surface area contributed by atoms with Crippen molar-refractivity contribution in [2.45, 2.75) is 30.6 Å². The maximum absolute atomic E-state index is 11.6. The first-order valence-corrected chi connectivity index (χ1v) is 7.05. The number of rotatable bonds is 3.